The van der Waals surface area contributed by atoms with Crippen LogP contribution in [0.15, 0.2) is 29.3 Å². The molecule has 0 aromatic heterocycles. The number of benzene rings is 1. The van der Waals surface area contributed by atoms with Crippen molar-refractivity contribution in [1.29, 1.82) is 0 Å². The van der Waals surface area contributed by atoms with Crippen molar-refractivity contribution in [2.75, 3.05) is 50.8 Å². The van der Waals surface area contributed by atoms with Crippen LogP contribution in [0, 0.1) is 5.92 Å². The molecule has 6 nitrogen and oxygen atoms in total. The highest BCUT2D eigenvalue weighted by molar-refractivity contribution is 5.80. The minimum absolute atomic E-state index is 0.322. The Bertz CT molecular complexity index is 618. The number of aliphatic imine (C=N–C) groups is 1. The third-order valence-electron chi connectivity index (χ3n) is 6.06. The number of hydrogen-bond acceptors (Lipinski definition) is 4. The molecule has 1 aromatic carbocycles. The fourth-order valence-electron chi connectivity index (χ4n) is 4.25. The third kappa shape index (κ3) is 6.34. The fraction of sp³-hybridized carbons (Fsp3) is 0.696. The first-order valence-electron chi connectivity index (χ1n) is 11.3. The normalized spacial score (nSPS) is 19.6. The van der Waals surface area contributed by atoms with Gasteiger partial charge >= 0.3 is 0 Å². The first-order chi connectivity index (χ1) is 14.2. The van der Waals surface area contributed by atoms with Crippen LogP contribution in [0.5, 0.6) is 0 Å². The highest BCUT2D eigenvalue weighted by Gasteiger charge is 2.21. The summed E-state index contributed by atoms with van der Waals surface area (Å²) < 4.78 is 5.77. The average molecular weight is 403 g/mol. The molecule has 2 saturated heterocycles. The van der Waals surface area contributed by atoms with E-state index >= 15 is 0 Å². The van der Waals surface area contributed by atoms with Gasteiger partial charge in [-0.05, 0) is 63.1 Å². The summed E-state index contributed by atoms with van der Waals surface area (Å²) >= 11 is 0. The molecule has 6 heteroatoms. The van der Waals surface area contributed by atoms with Crippen molar-refractivity contribution < 1.29 is 9.84 Å². The highest BCUT2D eigenvalue weighted by Crippen LogP contribution is 2.23. The number of aliphatic hydroxyl groups is 1. The molecule has 0 aliphatic carbocycles. The Morgan fingerprint density at radius 2 is 1.76 bits per heavy atom. The van der Waals surface area contributed by atoms with Gasteiger partial charge < -0.3 is 25.0 Å². The number of hydrogen-bond donors (Lipinski definition) is 2. The largest absolute Gasteiger partial charge is 0.396 e. The third-order valence-corrected chi connectivity index (χ3v) is 6.06. The van der Waals surface area contributed by atoms with Crippen molar-refractivity contribution in [3.05, 3.63) is 29.8 Å². The van der Waals surface area contributed by atoms with Gasteiger partial charge in [-0.3, -0.25) is 0 Å². The van der Waals surface area contributed by atoms with Crippen molar-refractivity contribution in [2.24, 2.45) is 10.9 Å². The first kappa shape index (κ1) is 21.9. The molecule has 2 aliphatic heterocycles. The Morgan fingerprint density at radius 3 is 2.34 bits per heavy atom. The maximum atomic E-state index is 9.31. The van der Waals surface area contributed by atoms with Gasteiger partial charge in [-0.25, -0.2) is 4.99 Å². The van der Waals surface area contributed by atoms with Crippen molar-refractivity contribution in [1.82, 2.24) is 10.2 Å². The molecule has 0 saturated carbocycles. The molecule has 0 unspecified atom stereocenters. The molecule has 0 atom stereocenters. The number of nitrogens with zero attached hydrogens (tertiary/aromatic N) is 3. The summed E-state index contributed by atoms with van der Waals surface area (Å²) in [6.45, 7) is 11.0. The monoisotopic (exact) mass is 402 g/mol. The molecule has 162 valence electrons. The van der Waals surface area contributed by atoms with Crippen molar-refractivity contribution in [3.63, 3.8) is 0 Å². The molecule has 1 aromatic rings. The molecule has 3 rings (SSSR count). The molecular weight excluding hydrogens is 364 g/mol. The maximum absolute atomic E-state index is 9.31. The van der Waals surface area contributed by atoms with Crippen molar-refractivity contribution in [3.8, 4) is 0 Å². The molecule has 0 radical (unpaired) electrons. The molecule has 2 fully saturated rings. The van der Waals surface area contributed by atoms with Crippen LogP contribution in [0.3, 0.4) is 0 Å². The van der Waals surface area contributed by atoms with Crippen LogP contribution in [0.1, 0.15) is 45.1 Å². The summed E-state index contributed by atoms with van der Waals surface area (Å²) in [5.74, 6) is 1.49. The van der Waals surface area contributed by atoms with Crippen LogP contribution in [-0.2, 0) is 11.3 Å². The van der Waals surface area contributed by atoms with Gasteiger partial charge in [0.15, 0.2) is 5.96 Å². The zero-order chi connectivity index (χ0) is 20.5. The molecular formula is C23H38N4O2. The summed E-state index contributed by atoms with van der Waals surface area (Å²) in [7, 11) is 0. The predicted molar refractivity (Wildman–Crippen MR) is 120 cm³/mol. The Kier molecular flexibility index (Phi) is 8.62. The maximum Gasteiger partial charge on any atom is 0.194 e. The van der Waals surface area contributed by atoms with E-state index in [1.165, 1.54) is 11.3 Å². The van der Waals surface area contributed by atoms with Crippen LogP contribution in [0.25, 0.3) is 0 Å². The second-order valence-corrected chi connectivity index (χ2v) is 8.09. The minimum Gasteiger partial charge on any atom is -0.396 e. The first-order valence-corrected chi connectivity index (χ1v) is 11.3. The number of anilines is 1. The van der Waals surface area contributed by atoms with Crippen molar-refractivity contribution in [2.45, 2.75) is 52.2 Å². The number of nitrogens with one attached hydrogen (secondary N) is 1. The van der Waals surface area contributed by atoms with Crippen molar-refractivity contribution >= 4 is 11.6 Å². The summed E-state index contributed by atoms with van der Waals surface area (Å²) in [4.78, 5) is 9.67. The summed E-state index contributed by atoms with van der Waals surface area (Å²) in [6.07, 6.45) is 4.69. The Morgan fingerprint density at radius 1 is 1.07 bits per heavy atom. The van der Waals surface area contributed by atoms with E-state index < -0.39 is 0 Å². The average Bonchev–Trinajstić information content (AvgIpc) is 2.78. The van der Waals surface area contributed by atoms with Crippen LogP contribution in [-0.4, -0.2) is 68.0 Å². The second kappa shape index (κ2) is 11.4. The predicted octanol–water partition coefficient (Wildman–Crippen LogP) is 2.86. The number of guanidine groups is 1. The zero-order valence-corrected chi connectivity index (χ0v) is 18.1. The SMILES string of the molecule is CCNC(=NCc1ccc(N2CCC(CO)CC2)cc1)N1CCC(OCC)CC1. The summed E-state index contributed by atoms with van der Waals surface area (Å²) in [6, 6.07) is 8.82. The Labute approximate surface area is 175 Å². The van der Waals surface area contributed by atoms with E-state index in [1.54, 1.807) is 0 Å². The quantitative estimate of drug-likeness (QED) is 0.542. The molecule has 2 N–H and O–H groups in total. The number of ether oxygens (including phenoxy) is 1. The lowest BCUT2D eigenvalue weighted by Crippen LogP contribution is -2.47. The van der Waals surface area contributed by atoms with Crippen LogP contribution >= 0.6 is 0 Å². The lowest BCUT2D eigenvalue weighted by molar-refractivity contribution is 0.0263. The van der Waals surface area contributed by atoms with E-state index in [0.29, 0.717) is 25.2 Å². The van der Waals surface area contributed by atoms with Crippen LogP contribution in [0.4, 0.5) is 5.69 Å². The molecule has 2 aliphatic rings. The van der Waals surface area contributed by atoms with E-state index in [-0.39, 0.29) is 0 Å². The van der Waals surface area contributed by atoms with E-state index in [0.717, 1.165) is 71.0 Å². The Balaban J connectivity index is 1.54. The minimum atomic E-state index is 0.322. The molecule has 29 heavy (non-hydrogen) atoms. The van der Waals surface area contributed by atoms with E-state index in [2.05, 4.69) is 53.2 Å². The van der Waals surface area contributed by atoms with Gasteiger partial charge in [0.25, 0.3) is 0 Å². The smallest absolute Gasteiger partial charge is 0.194 e. The zero-order valence-electron chi connectivity index (χ0n) is 18.1. The van der Waals surface area contributed by atoms with Gasteiger partial charge in [-0.2, -0.15) is 0 Å². The lowest BCUT2D eigenvalue weighted by Gasteiger charge is -2.34. The lowest BCUT2D eigenvalue weighted by atomic mass is 9.97. The van der Waals surface area contributed by atoms with Crippen LogP contribution < -0.4 is 10.2 Å². The van der Waals surface area contributed by atoms with E-state index in [4.69, 9.17) is 9.73 Å². The summed E-state index contributed by atoms with van der Waals surface area (Å²) in [5.41, 5.74) is 2.51. The highest BCUT2D eigenvalue weighted by atomic mass is 16.5. The molecule has 2 heterocycles. The topological polar surface area (TPSA) is 60.3 Å². The van der Waals surface area contributed by atoms with E-state index in [1.807, 2.05) is 0 Å². The summed E-state index contributed by atoms with van der Waals surface area (Å²) in [5, 5.41) is 12.8. The van der Waals surface area contributed by atoms with Gasteiger partial charge in [0, 0.05) is 51.6 Å². The van der Waals surface area contributed by atoms with Gasteiger partial charge in [0.1, 0.15) is 0 Å². The molecule has 0 spiro atoms. The van der Waals surface area contributed by atoms with Crippen LogP contribution in [0.2, 0.25) is 0 Å². The number of aliphatic hydroxyl groups excluding tert-OH is 1. The van der Waals surface area contributed by atoms with Gasteiger partial charge in [0.05, 0.1) is 12.6 Å². The van der Waals surface area contributed by atoms with Gasteiger partial charge in [-0.15, -0.1) is 0 Å². The van der Waals surface area contributed by atoms with Gasteiger partial charge in [-0.1, -0.05) is 12.1 Å². The van der Waals surface area contributed by atoms with E-state index in [9.17, 15) is 5.11 Å². The van der Waals surface area contributed by atoms with Gasteiger partial charge in [0.2, 0.25) is 0 Å². The Hall–Kier alpha value is -1.79. The molecule has 0 bridgehead atoms. The number of likely N-dealkylation sites (tertiary alicyclic amines) is 1. The second-order valence-electron chi connectivity index (χ2n) is 8.09. The number of piperidine rings is 2. The standard InChI is InChI=1S/C23H38N4O2/c1-3-24-23(27-15-11-22(12-16-27)29-4-2)25-17-19-5-7-21(8-6-19)26-13-9-20(18-28)10-14-26/h5-8,20,22,28H,3-4,9-18H2,1-2H3,(H,24,25). The molecule has 0 amide bonds. The number of rotatable bonds is 7. The fourth-order valence-corrected chi connectivity index (χ4v) is 4.25.